The summed E-state index contributed by atoms with van der Waals surface area (Å²) in [6.45, 7) is 0. The van der Waals surface area contributed by atoms with Crippen molar-refractivity contribution in [2.24, 2.45) is 0 Å². The molecule has 0 atom stereocenters. The summed E-state index contributed by atoms with van der Waals surface area (Å²) >= 11 is 0. The number of para-hydroxylation sites is 2. The summed E-state index contributed by atoms with van der Waals surface area (Å²) in [7, 11) is 0. The van der Waals surface area contributed by atoms with Gasteiger partial charge in [-0.1, -0.05) is 18.1 Å². The number of nitrogens with one attached hydrogen (secondary N) is 1. The Labute approximate surface area is 106 Å². The zero-order chi connectivity index (χ0) is 13.0. The molecule has 0 saturated carbocycles. The van der Waals surface area contributed by atoms with Gasteiger partial charge in [-0.25, -0.2) is 0 Å². The third kappa shape index (κ3) is 2.50. The first kappa shape index (κ1) is 11.7. The van der Waals surface area contributed by atoms with Gasteiger partial charge in [-0.2, -0.15) is 0 Å². The quantitative estimate of drug-likeness (QED) is 0.621. The summed E-state index contributed by atoms with van der Waals surface area (Å²) in [6, 6.07) is 13.9. The standard InChI is InChI=1S/C15H12N2O/c1-2-11-7-9-12(10-8-11)15(18)17-14-6-4-3-5-13(14)16/h1,3-10H,16H2,(H,17,18). The molecule has 88 valence electrons. The van der Waals surface area contributed by atoms with E-state index in [-0.39, 0.29) is 5.91 Å². The Morgan fingerprint density at radius 3 is 2.39 bits per heavy atom. The van der Waals surface area contributed by atoms with Crippen molar-refractivity contribution in [2.45, 2.75) is 0 Å². The number of rotatable bonds is 2. The topological polar surface area (TPSA) is 55.1 Å². The minimum Gasteiger partial charge on any atom is -0.397 e. The van der Waals surface area contributed by atoms with E-state index in [9.17, 15) is 4.79 Å². The highest BCUT2D eigenvalue weighted by molar-refractivity contribution is 6.05. The number of hydrogen-bond acceptors (Lipinski definition) is 2. The monoisotopic (exact) mass is 236 g/mol. The van der Waals surface area contributed by atoms with Crippen LogP contribution in [0, 0.1) is 12.3 Å². The number of carbonyl (C=O) groups is 1. The molecule has 3 heteroatoms. The number of terminal acetylenes is 1. The van der Waals surface area contributed by atoms with Crippen LogP contribution in [-0.4, -0.2) is 5.91 Å². The van der Waals surface area contributed by atoms with Crippen molar-refractivity contribution in [1.82, 2.24) is 0 Å². The molecular formula is C15H12N2O. The largest absolute Gasteiger partial charge is 0.397 e. The molecule has 0 aliphatic rings. The molecule has 0 spiro atoms. The van der Waals surface area contributed by atoms with E-state index >= 15 is 0 Å². The van der Waals surface area contributed by atoms with Crippen molar-refractivity contribution >= 4 is 17.3 Å². The molecule has 18 heavy (non-hydrogen) atoms. The summed E-state index contributed by atoms with van der Waals surface area (Å²) in [5, 5.41) is 2.75. The molecule has 0 bridgehead atoms. The van der Waals surface area contributed by atoms with E-state index in [4.69, 9.17) is 12.2 Å². The summed E-state index contributed by atoms with van der Waals surface area (Å²) in [5.41, 5.74) is 8.17. The first-order chi connectivity index (χ1) is 8.70. The van der Waals surface area contributed by atoms with Gasteiger partial charge in [0.1, 0.15) is 0 Å². The van der Waals surface area contributed by atoms with Gasteiger partial charge >= 0.3 is 0 Å². The molecule has 0 unspecified atom stereocenters. The highest BCUT2D eigenvalue weighted by Gasteiger charge is 2.07. The number of amides is 1. The summed E-state index contributed by atoms with van der Waals surface area (Å²) in [6.07, 6.45) is 5.25. The number of hydrogen-bond donors (Lipinski definition) is 2. The first-order valence-corrected chi connectivity index (χ1v) is 5.43. The molecule has 0 heterocycles. The van der Waals surface area contributed by atoms with E-state index in [1.807, 2.05) is 12.1 Å². The SMILES string of the molecule is C#Cc1ccc(C(=O)Nc2ccccc2N)cc1. The van der Waals surface area contributed by atoms with Crippen LogP contribution in [0.1, 0.15) is 15.9 Å². The van der Waals surface area contributed by atoms with Crippen LogP contribution in [0.2, 0.25) is 0 Å². The van der Waals surface area contributed by atoms with Gasteiger partial charge in [-0.15, -0.1) is 6.42 Å². The van der Waals surface area contributed by atoms with Crippen LogP contribution in [0.5, 0.6) is 0 Å². The van der Waals surface area contributed by atoms with Crippen LogP contribution >= 0.6 is 0 Å². The molecular weight excluding hydrogens is 224 g/mol. The summed E-state index contributed by atoms with van der Waals surface area (Å²) < 4.78 is 0. The van der Waals surface area contributed by atoms with Crippen LogP contribution in [0.25, 0.3) is 0 Å². The lowest BCUT2D eigenvalue weighted by Gasteiger charge is -2.07. The molecule has 3 N–H and O–H groups in total. The molecule has 2 rings (SSSR count). The Morgan fingerprint density at radius 2 is 1.78 bits per heavy atom. The van der Waals surface area contributed by atoms with Crippen LogP contribution in [0.15, 0.2) is 48.5 Å². The second-order valence-corrected chi connectivity index (χ2v) is 3.76. The molecule has 0 aliphatic heterocycles. The van der Waals surface area contributed by atoms with Gasteiger partial charge in [0, 0.05) is 11.1 Å². The zero-order valence-electron chi connectivity index (χ0n) is 9.68. The predicted molar refractivity (Wildman–Crippen MR) is 73.2 cm³/mol. The van der Waals surface area contributed by atoms with Crippen molar-refractivity contribution < 1.29 is 4.79 Å². The molecule has 2 aromatic rings. The van der Waals surface area contributed by atoms with Gasteiger partial charge in [0.25, 0.3) is 5.91 Å². The van der Waals surface area contributed by atoms with Crippen LogP contribution in [0.3, 0.4) is 0 Å². The van der Waals surface area contributed by atoms with Gasteiger partial charge in [0.05, 0.1) is 11.4 Å². The Kier molecular flexibility index (Phi) is 3.31. The average Bonchev–Trinajstić information content (AvgIpc) is 2.41. The van der Waals surface area contributed by atoms with E-state index in [1.165, 1.54) is 0 Å². The molecule has 0 saturated heterocycles. The van der Waals surface area contributed by atoms with Gasteiger partial charge < -0.3 is 11.1 Å². The number of nitrogens with two attached hydrogens (primary N) is 1. The van der Waals surface area contributed by atoms with Gasteiger partial charge in [-0.05, 0) is 36.4 Å². The predicted octanol–water partition coefficient (Wildman–Crippen LogP) is 2.50. The highest BCUT2D eigenvalue weighted by atomic mass is 16.1. The van der Waals surface area contributed by atoms with Gasteiger partial charge in [0.2, 0.25) is 0 Å². The Morgan fingerprint density at radius 1 is 1.11 bits per heavy atom. The van der Waals surface area contributed by atoms with Gasteiger partial charge in [-0.3, -0.25) is 4.79 Å². The minimum absolute atomic E-state index is 0.212. The maximum absolute atomic E-state index is 11.9. The van der Waals surface area contributed by atoms with E-state index < -0.39 is 0 Å². The summed E-state index contributed by atoms with van der Waals surface area (Å²) in [4.78, 5) is 11.9. The molecule has 0 aliphatic carbocycles. The van der Waals surface area contributed by atoms with Gasteiger partial charge in [0.15, 0.2) is 0 Å². The number of carbonyl (C=O) groups excluding carboxylic acids is 1. The molecule has 0 aromatic heterocycles. The second kappa shape index (κ2) is 5.07. The van der Waals surface area contributed by atoms with Crippen LogP contribution in [0.4, 0.5) is 11.4 Å². The van der Waals surface area contributed by atoms with Crippen molar-refractivity contribution in [3.63, 3.8) is 0 Å². The van der Waals surface area contributed by atoms with E-state index in [0.29, 0.717) is 16.9 Å². The van der Waals surface area contributed by atoms with Crippen LogP contribution < -0.4 is 11.1 Å². The fourth-order valence-electron chi connectivity index (χ4n) is 1.52. The maximum Gasteiger partial charge on any atom is 0.255 e. The van der Waals surface area contributed by atoms with Crippen molar-refractivity contribution in [3.8, 4) is 12.3 Å². The smallest absolute Gasteiger partial charge is 0.255 e. The average molecular weight is 236 g/mol. The first-order valence-electron chi connectivity index (χ1n) is 5.43. The molecule has 0 radical (unpaired) electrons. The number of benzene rings is 2. The third-order valence-corrected chi connectivity index (χ3v) is 2.52. The van der Waals surface area contributed by atoms with Crippen molar-refractivity contribution in [2.75, 3.05) is 11.1 Å². The normalized spacial score (nSPS) is 9.50. The van der Waals surface area contributed by atoms with E-state index in [2.05, 4.69) is 11.2 Å². The molecule has 1 amide bonds. The molecule has 3 nitrogen and oxygen atoms in total. The lowest BCUT2D eigenvalue weighted by molar-refractivity contribution is 0.102. The summed E-state index contributed by atoms with van der Waals surface area (Å²) in [5.74, 6) is 2.29. The fraction of sp³-hybridized carbons (Fsp3) is 0. The minimum atomic E-state index is -0.212. The molecule has 0 fully saturated rings. The lowest BCUT2D eigenvalue weighted by atomic mass is 10.1. The Hall–Kier alpha value is -2.73. The second-order valence-electron chi connectivity index (χ2n) is 3.76. The van der Waals surface area contributed by atoms with Crippen LogP contribution in [-0.2, 0) is 0 Å². The highest BCUT2D eigenvalue weighted by Crippen LogP contribution is 2.17. The Bertz CT molecular complexity index is 609. The maximum atomic E-state index is 11.9. The van der Waals surface area contributed by atoms with E-state index in [0.717, 1.165) is 5.56 Å². The Balaban J connectivity index is 2.17. The zero-order valence-corrected chi connectivity index (χ0v) is 9.68. The van der Waals surface area contributed by atoms with Crippen molar-refractivity contribution in [1.29, 1.82) is 0 Å². The third-order valence-electron chi connectivity index (χ3n) is 2.52. The molecule has 2 aromatic carbocycles. The number of anilines is 2. The van der Waals surface area contributed by atoms with E-state index in [1.54, 1.807) is 36.4 Å². The number of nitrogen functional groups attached to an aromatic ring is 1. The fourth-order valence-corrected chi connectivity index (χ4v) is 1.52. The lowest BCUT2D eigenvalue weighted by Crippen LogP contribution is -2.12. The van der Waals surface area contributed by atoms with Crippen molar-refractivity contribution in [3.05, 3.63) is 59.7 Å².